The van der Waals surface area contributed by atoms with Crippen molar-refractivity contribution in [3.8, 4) is 5.75 Å². The van der Waals surface area contributed by atoms with Gasteiger partial charge in [0, 0.05) is 18.5 Å². The van der Waals surface area contributed by atoms with E-state index in [9.17, 15) is 9.90 Å². The van der Waals surface area contributed by atoms with Gasteiger partial charge in [0.05, 0.1) is 13.2 Å². The van der Waals surface area contributed by atoms with Gasteiger partial charge < -0.3 is 20.5 Å². The highest BCUT2D eigenvalue weighted by Crippen LogP contribution is 2.25. The van der Waals surface area contributed by atoms with Crippen molar-refractivity contribution in [3.05, 3.63) is 29.3 Å². The number of aliphatic hydroxyl groups excluding tert-OH is 1. The summed E-state index contributed by atoms with van der Waals surface area (Å²) in [5.74, 6) is 0.986. The number of methoxy groups -OCH3 is 1. The fourth-order valence-electron chi connectivity index (χ4n) is 2.61. The van der Waals surface area contributed by atoms with Crippen molar-refractivity contribution in [3.63, 3.8) is 0 Å². The molecular weight excluding hydrogens is 292 g/mol. The molecule has 0 spiro atoms. The molecule has 2 amide bonds. The number of hydrogen-bond acceptors (Lipinski definition) is 3. The molecule has 1 aromatic rings. The Bertz CT molecular complexity index is 527. The summed E-state index contributed by atoms with van der Waals surface area (Å²) in [5, 5.41) is 15.8. The standard InChI is InChI=1S/C18H30N2O3/c1-12(2)16(21)18(4,5)11-20-17(22)19-10-14-7-8-15(23-6)13(3)9-14/h7-9,12,16,21H,10-11H2,1-6H3,(H2,19,20,22). The lowest BCUT2D eigenvalue weighted by Crippen LogP contribution is -2.46. The number of rotatable bonds is 7. The maximum absolute atomic E-state index is 11.9. The molecule has 0 aromatic heterocycles. The number of ether oxygens (including phenoxy) is 1. The molecule has 0 heterocycles. The lowest BCUT2D eigenvalue weighted by Gasteiger charge is -2.33. The van der Waals surface area contributed by atoms with Crippen LogP contribution in [0.5, 0.6) is 5.75 Å². The average Bonchev–Trinajstić information content (AvgIpc) is 2.50. The van der Waals surface area contributed by atoms with Gasteiger partial charge in [0.1, 0.15) is 5.75 Å². The maximum Gasteiger partial charge on any atom is 0.315 e. The molecule has 3 N–H and O–H groups in total. The van der Waals surface area contributed by atoms with E-state index in [1.807, 2.05) is 52.8 Å². The van der Waals surface area contributed by atoms with E-state index < -0.39 is 6.10 Å². The van der Waals surface area contributed by atoms with Gasteiger partial charge in [-0.2, -0.15) is 0 Å². The van der Waals surface area contributed by atoms with Gasteiger partial charge in [-0.1, -0.05) is 39.8 Å². The van der Waals surface area contributed by atoms with Gasteiger partial charge in [0.2, 0.25) is 0 Å². The van der Waals surface area contributed by atoms with E-state index in [-0.39, 0.29) is 17.4 Å². The summed E-state index contributed by atoms with van der Waals surface area (Å²) in [5.41, 5.74) is 1.68. The molecule has 1 rings (SSSR count). The highest BCUT2D eigenvalue weighted by Gasteiger charge is 2.30. The Kier molecular flexibility index (Phi) is 6.88. The van der Waals surface area contributed by atoms with Crippen LogP contribution in [0.1, 0.15) is 38.8 Å². The molecule has 23 heavy (non-hydrogen) atoms. The number of urea groups is 1. The van der Waals surface area contributed by atoms with Crippen LogP contribution in [0.15, 0.2) is 18.2 Å². The molecule has 0 saturated heterocycles. The molecule has 5 nitrogen and oxygen atoms in total. The first-order chi connectivity index (χ1) is 10.7. The number of nitrogens with one attached hydrogen (secondary N) is 2. The topological polar surface area (TPSA) is 70.6 Å². The van der Waals surface area contributed by atoms with Crippen LogP contribution in [0.4, 0.5) is 4.79 Å². The fraction of sp³-hybridized carbons (Fsp3) is 0.611. The molecular formula is C18H30N2O3. The van der Waals surface area contributed by atoms with Crippen molar-refractivity contribution in [2.45, 2.75) is 47.3 Å². The zero-order valence-electron chi connectivity index (χ0n) is 15.1. The number of aryl methyl sites for hydroxylation is 1. The summed E-state index contributed by atoms with van der Waals surface area (Å²) in [6.07, 6.45) is -0.466. The van der Waals surface area contributed by atoms with E-state index >= 15 is 0 Å². The van der Waals surface area contributed by atoms with E-state index in [2.05, 4.69) is 10.6 Å². The van der Waals surface area contributed by atoms with Gasteiger partial charge >= 0.3 is 6.03 Å². The van der Waals surface area contributed by atoms with Crippen LogP contribution >= 0.6 is 0 Å². The van der Waals surface area contributed by atoms with E-state index in [0.29, 0.717) is 13.1 Å². The fourth-order valence-corrected chi connectivity index (χ4v) is 2.61. The van der Waals surface area contributed by atoms with E-state index in [1.165, 1.54) is 0 Å². The quantitative estimate of drug-likeness (QED) is 0.723. The molecule has 1 atom stereocenters. The molecule has 0 aliphatic heterocycles. The van der Waals surface area contributed by atoms with Crippen LogP contribution in [0.25, 0.3) is 0 Å². The SMILES string of the molecule is COc1ccc(CNC(=O)NCC(C)(C)C(O)C(C)C)cc1C. The Morgan fingerprint density at radius 3 is 2.48 bits per heavy atom. The second kappa shape index (κ2) is 8.20. The lowest BCUT2D eigenvalue weighted by molar-refractivity contribution is 0.0151. The van der Waals surface area contributed by atoms with Crippen LogP contribution in [-0.4, -0.2) is 30.9 Å². The van der Waals surface area contributed by atoms with Gasteiger partial charge in [-0.05, 0) is 30.0 Å². The highest BCUT2D eigenvalue weighted by molar-refractivity contribution is 5.73. The van der Waals surface area contributed by atoms with Crippen molar-refractivity contribution in [2.75, 3.05) is 13.7 Å². The molecule has 1 aromatic carbocycles. The Hall–Kier alpha value is -1.75. The first kappa shape index (κ1) is 19.3. The van der Waals surface area contributed by atoms with E-state index in [4.69, 9.17) is 4.74 Å². The Morgan fingerprint density at radius 2 is 1.96 bits per heavy atom. The molecule has 0 aliphatic carbocycles. The highest BCUT2D eigenvalue weighted by atomic mass is 16.5. The van der Waals surface area contributed by atoms with Crippen LogP contribution in [0.2, 0.25) is 0 Å². The number of hydrogen-bond donors (Lipinski definition) is 3. The third-order valence-corrected chi connectivity index (χ3v) is 4.05. The zero-order valence-corrected chi connectivity index (χ0v) is 15.1. The molecule has 130 valence electrons. The normalized spacial score (nSPS) is 12.9. The summed E-state index contributed by atoms with van der Waals surface area (Å²) in [4.78, 5) is 11.9. The Morgan fingerprint density at radius 1 is 1.30 bits per heavy atom. The smallest absolute Gasteiger partial charge is 0.315 e. The largest absolute Gasteiger partial charge is 0.496 e. The predicted octanol–water partition coefficient (Wildman–Crippen LogP) is 2.85. The second-order valence-electron chi connectivity index (χ2n) is 7.02. The van der Waals surface area contributed by atoms with E-state index in [0.717, 1.165) is 16.9 Å². The summed E-state index contributed by atoms with van der Waals surface area (Å²) in [6, 6.07) is 5.58. The average molecular weight is 322 g/mol. The van der Waals surface area contributed by atoms with Gasteiger partial charge in [0.15, 0.2) is 0 Å². The summed E-state index contributed by atoms with van der Waals surface area (Å²) < 4.78 is 5.22. The van der Waals surface area contributed by atoms with Crippen molar-refractivity contribution in [2.24, 2.45) is 11.3 Å². The molecule has 0 bridgehead atoms. The third kappa shape index (κ3) is 5.75. The molecule has 5 heteroatoms. The van der Waals surface area contributed by atoms with Crippen molar-refractivity contribution < 1.29 is 14.6 Å². The minimum absolute atomic E-state index is 0.150. The molecule has 0 fully saturated rings. The predicted molar refractivity (Wildman–Crippen MR) is 92.6 cm³/mol. The number of benzene rings is 1. The summed E-state index contributed by atoms with van der Waals surface area (Å²) in [6.45, 7) is 10.7. The summed E-state index contributed by atoms with van der Waals surface area (Å²) in [7, 11) is 1.64. The molecule has 0 saturated carbocycles. The van der Waals surface area contributed by atoms with Crippen LogP contribution < -0.4 is 15.4 Å². The molecule has 1 unspecified atom stereocenters. The van der Waals surface area contributed by atoms with Crippen molar-refractivity contribution >= 4 is 6.03 Å². The number of amides is 2. The van der Waals surface area contributed by atoms with Gasteiger partial charge in [-0.25, -0.2) is 4.79 Å². The first-order valence-corrected chi connectivity index (χ1v) is 8.00. The maximum atomic E-state index is 11.9. The van der Waals surface area contributed by atoms with Gasteiger partial charge in [-0.15, -0.1) is 0 Å². The minimum Gasteiger partial charge on any atom is -0.496 e. The van der Waals surface area contributed by atoms with E-state index in [1.54, 1.807) is 7.11 Å². The Labute approximate surface area is 139 Å². The van der Waals surface area contributed by atoms with Crippen molar-refractivity contribution in [1.82, 2.24) is 10.6 Å². The lowest BCUT2D eigenvalue weighted by atomic mass is 9.81. The zero-order chi connectivity index (χ0) is 17.6. The van der Waals surface area contributed by atoms with Gasteiger partial charge in [-0.3, -0.25) is 0 Å². The molecule has 0 aliphatic rings. The van der Waals surface area contributed by atoms with Crippen molar-refractivity contribution in [1.29, 1.82) is 0 Å². The monoisotopic (exact) mass is 322 g/mol. The minimum atomic E-state index is -0.466. The first-order valence-electron chi connectivity index (χ1n) is 8.00. The molecule has 0 radical (unpaired) electrons. The number of aliphatic hydroxyl groups is 1. The van der Waals surface area contributed by atoms with Gasteiger partial charge in [0.25, 0.3) is 0 Å². The number of carbonyl (C=O) groups is 1. The second-order valence-corrected chi connectivity index (χ2v) is 7.02. The van der Waals surface area contributed by atoms with Crippen LogP contribution in [-0.2, 0) is 6.54 Å². The van der Waals surface area contributed by atoms with Crippen LogP contribution in [0.3, 0.4) is 0 Å². The number of carbonyl (C=O) groups excluding carboxylic acids is 1. The van der Waals surface area contributed by atoms with Crippen LogP contribution in [0, 0.1) is 18.3 Å². The summed E-state index contributed by atoms with van der Waals surface area (Å²) >= 11 is 0. The third-order valence-electron chi connectivity index (χ3n) is 4.05. The Balaban J connectivity index is 2.47.